The number of hydrogen-bond acceptors (Lipinski definition) is 1. The van der Waals surface area contributed by atoms with Gasteiger partial charge in [-0.1, -0.05) is 6.92 Å². The standard InChI is InChI=1S/C9H17FO/c1-8-3-5-9(10,6-4-8)7-11-2/h8H,3-7H2,1-2H3. The van der Waals surface area contributed by atoms with Gasteiger partial charge in [-0.25, -0.2) is 4.39 Å². The molecule has 0 radical (unpaired) electrons. The van der Waals surface area contributed by atoms with Gasteiger partial charge in [0.05, 0.1) is 6.61 Å². The molecule has 0 spiro atoms. The van der Waals surface area contributed by atoms with Crippen molar-refractivity contribution in [2.24, 2.45) is 5.92 Å². The molecular formula is C9H17FO. The molecule has 2 heteroatoms. The smallest absolute Gasteiger partial charge is 0.134 e. The van der Waals surface area contributed by atoms with Crippen molar-refractivity contribution in [1.82, 2.24) is 0 Å². The van der Waals surface area contributed by atoms with Gasteiger partial charge >= 0.3 is 0 Å². The lowest BCUT2D eigenvalue weighted by atomic mass is 9.81. The molecule has 0 aromatic heterocycles. The van der Waals surface area contributed by atoms with Crippen LogP contribution >= 0.6 is 0 Å². The summed E-state index contributed by atoms with van der Waals surface area (Å²) in [6, 6.07) is 0. The normalized spacial score (nSPS) is 39.0. The van der Waals surface area contributed by atoms with Gasteiger partial charge in [-0.15, -0.1) is 0 Å². The summed E-state index contributed by atoms with van der Waals surface area (Å²) in [6.45, 7) is 2.46. The van der Waals surface area contributed by atoms with Gasteiger partial charge in [0, 0.05) is 7.11 Å². The average Bonchev–Trinajstić information content (AvgIpc) is 1.97. The van der Waals surface area contributed by atoms with E-state index in [0.29, 0.717) is 18.8 Å². The maximum absolute atomic E-state index is 13.6. The first-order chi connectivity index (χ1) is 5.16. The summed E-state index contributed by atoms with van der Waals surface area (Å²) in [6.07, 6.45) is 3.39. The molecule has 0 atom stereocenters. The lowest BCUT2D eigenvalue weighted by molar-refractivity contribution is 0.00398. The Hall–Kier alpha value is -0.110. The van der Waals surface area contributed by atoms with E-state index < -0.39 is 5.67 Å². The lowest BCUT2D eigenvalue weighted by Gasteiger charge is -2.31. The number of ether oxygens (including phenoxy) is 1. The molecule has 1 rings (SSSR count). The third-order valence-electron chi connectivity index (χ3n) is 2.57. The molecule has 1 aliphatic rings. The zero-order valence-electron chi connectivity index (χ0n) is 7.40. The highest BCUT2D eigenvalue weighted by molar-refractivity contribution is 4.84. The van der Waals surface area contributed by atoms with Gasteiger partial charge in [-0.2, -0.15) is 0 Å². The van der Waals surface area contributed by atoms with Gasteiger partial charge in [-0.3, -0.25) is 0 Å². The molecule has 11 heavy (non-hydrogen) atoms. The molecule has 1 saturated carbocycles. The van der Waals surface area contributed by atoms with E-state index in [9.17, 15) is 4.39 Å². The Morgan fingerprint density at radius 3 is 2.45 bits per heavy atom. The summed E-state index contributed by atoms with van der Waals surface area (Å²) in [5, 5.41) is 0. The molecule has 1 aliphatic carbocycles. The maximum Gasteiger partial charge on any atom is 0.134 e. The molecule has 1 nitrogen and oxygen atoms in total. The van der Waals surface area contributed by atoms with Crippen LogP contribution in [-0.4, -0.2) is 19.4 Å². The van der Waals surface area contributed by atoms with E-state index in [1.165, 1.54) is 0 Å². The monoisotopic (exact) mass is 160 g/mol. The van der Waals surface area contributed by atoms with Gasteiger partial charge in [0.15, 0.2) is 0 Å². The molecule has 0 amide bonds. The van der Waals surface area contributed by atoms with Crippen LogP contribution in [0.25, 0.3) is 0 Å². The summed E-state index contributed by atoms with van der Waals surface area (Å²) in [5.74, 6) is 0.704. The molecule has 0 heterocycles. The second-order valence-electron chi connectivity index (χ2n) is 3.77. The summed E-state index contributed by atoms with van der Waals surface area (Å²) in [5.41, 5.74) is -1.01. The van der Waals surface area contributed by atoms with E-state index in [1.807, 2.05) is 0 Å². The van der Waals surface area contributed by atoms with Gasteiger partial charge in [-0.05, 0) is 31.6 Å². The van der Waals surface area contributed by atoms with Crippen LogP contribution in [0.5, 0.6) is 0 Å². The minimum absolute atomic E-state index is 0.278. The molecule has 0 bridgehead atoms. The van der Waals surface area contributed by atoms with Crippen molar-refractivity contribution in [3.63, 3.8) is 0 Å². The van der Waals surface area contributed by atoms with Crippen LogP contribution in [0.1, 0.15) is 32.6 Å². The summed E-state index contributed by atoms with van der Waals surface area (Å²) < 4.78 is 18.5. The Morgan fingerprint density at radius 2 is 2.00 bits per heavy atom. The fourth-order valence-electron chi connectivity index (χ4n) is 1.68. The molecule has 66 valence electrons. The largest absolute Gasteiger partial charge is 0.381 e. The van der Waals surface area contributed by atoms with Gasteiger partial charge < -0.3 is 4.74 Å². The topological polar surface area (TPSA) is 9.23 Å². The van der Waals surface area contributed by atoms with Crippen LogP contribution in [0.3, 0.4) is 0 Å². The first-order valence-electron chi connectivity index (χ1n) is 4.34. The lowest BCUT2D eigenvalue weighted by Crippen LogP contribution is -2.33. The molecule has 0 aliphatic heterocycles. The SMILES string of the molecule is COCC1(F)CCC(C)CC1. The van der Waals surface area contributed by atoms with Crippen LogP contribution in [0.15, 0.2) is 0 Å². The van der Waals surface area contributed by atoms with Gasteiger partial charge in [0.1, 0.15) is 5.67 Å². The van der Waals surface area contributed by atoms with E-state index in [2.05, 4.69) is 6.92 Å². The Bertz CT molecular complexity index is 117. The average molecular weight is 160 g/mol. The predicted octanol–water partition coefficient (Wildman–Crippen LogP) is 2.55. The Balaban J connectivity index is 2.35. The van der Waals surface area contributed by atoms with E-state index in [-0.39, 0.29) is 6.61 Å². The Kier molecular flexibility index (Phi) is 2.88. The highest BCUT2D eigenvalue weighted by Gasteiger charge is 2.33. The number of methoxy groups -OCH3 is 1. The fourth-order valence-corrected chi connectivity index (χ4v) is 1.68. The van der Waals surface area contributed by atoms with E-state index in [1.54, 1.807) is 7.11 Å². The minimum Gasteiger partial charge on any atom is -0.381 e. The quantitative estimate of drug-likeness (QED) is 0.603. The van der Waals surface area contributed by atoms with Crippen molar-refractivity contribution in [3.05, 3.63) is 0 Å². The summed E-state index contributed by atoms with van der Waals surface area (Å²) in [7, 11) is 1.57. The molecule has 0 aromatic rings. The first-order valence-corrected chi connectivity index (χ1v) is 4.34. The molecule has 0 unspecified atom stereocenters. The second kappa shape index (κ2) is 3.53. The van der Waals surface area contributed by atoms with Crippen LogP contribution in [-0.2, 0) is 4.74 Å². The van der Waals surface area contributed by atoms with Crippen molar-refractivity contribution >= 4 is 0 Å². The molecule has 0 aromatic carbocycles. The molecule has 0 saturated heterocycles. The van der Waals surface area contributed by atoms with Crippen molar-refractivity contribution in [2.75, 3.05) is 13.7 Å². The van der Waals surface area contributed by atoms with Crippen LogP contribution < -0.4 is 0 Å². The maximum atomic E-state index is 13.6. The van der Waals surface area contributed by atoms with Crippen molar-refractivity contribution in [2.45, 2.75) is 38.3 Å². The second-order valence-corrected chi connectivity index (χ2v) is 3.77. The zero-order valence-corrected chi connectivity index (χ0v) is 7.40. The summed E-state index contributed by atoms with van der Waals surface area (Å²) in [4.78, 5) is 0. The zero-order chi connectivity index (χ0) is 8.32. The van der Waals surface area contributed by atoms with Gasteiger partial charge in [0.2, 0.25) is 0 Å². The van der Waals surface area contributed by atoms with E-state index in [4.69, 9.17) is 4.74 Å². The Morgan fingerprint density at radius 1 is 1.45 bits per heavy atom. The van der Waals surface area contributed by atoms with Crippen LogP contribution in [0.4, 0.5) is 4.39 Å². The van der Waals surface area contributed by atoms with Crippen LogP contribution in [0.2, 0.25) is 0 Å². The number of hydrogen-bond donors (Lipinski definition) is 0. The molecule has 0 N–H and O–H groups in total. The highest BCUT2D eigenvalue weighted by atomic mass is 19.1. The minimum atomic E-state index is -1.01. The van der Waals surface area contributed by atoms with Crippen LogP contribution in [0, 0.1) is 5.92 Å². The van der Waals surface area contributed by atoms with Crippen molar-refractivity contribution < 1.29 is 9.13 Å². The highest BCUT2D eigenvalue weighted by Crippen LogP contribution is 2.34. The molecular weight excluding hydrogens is 143 g/mol. The van der Waals surface area contributed by atoms with Crippen molar-refractivity contribution in [1.29, 1.82) is 0 Å². The van der Waals surface area contributed by atoms with Gasteiger partial charge in [0.25, 0.3) is 0 Å². The number of alkyl halides is 1. The Labute approximate surface area is 67.9 Å². The third kappa shape index (κ3) is 2.44. The first kappa shape index (κ1) is 8.98. The predicted molar refractivity (Wildman–Crippen MR) is 43.3 cm³/mol. The molecule has 1 fully saturated rings. The fraction of sp³-hybridized carbons (Fsp3) is 1.00. The van der Waals surface area contributed by atoms with E-state index in [0.717, 1.165) is 12.8 Å². The van der Waals surface area contributed by atoms with E-state index >= 15 is 0 Å². The number of rotatable bonds is 2. The summed E-state index contributed by atoms with van der Waals surface area (Å²) >= 11 is 0. The third-order valence-corrected chi connectivity index (χ3v) is 2.57. The number of halogens is 1. The van der Waals surface area contributed by atoms with Crippen molar-refractivity contribution in [3.8, 4) is 0 Å².